The molecule has 1 atom stereocenters. The van der Waals surface area contributed by atoms with Gasteiger partial charge < -0.3 is 15.9 Å². The van der Waals surface area contributed by atoms with E-state index in [1.54, 1.807) is 0 Å². The fraction of sp³-hybridized carbons (Fsp3) is 0.333. The molecular weight excluding hydrogens is 200 g/mol. The molecule has 0 spiro atoms. The molecule has 0 aliphatic rings. The van der Waals surface area contributed by atoms with Crippen molar-refractivity contribution in [2.24, 2.45) is 5.73 Å². The summed E-state index contributed by atoms with van der Waals surface area (Å²) in [6.45, 7) is -0.140. The zero-order valence-electron chi connectivity index (χ0n) is 7.96. The van der Waals surface area contributed by atoms with Crippen LogP contribution in [0.25, 0.3) is 0 Å². The molecule has 0 radical (unpaired) electrons. The van der Waals surface area contributed by atoms with E-state index in [1.807, 2.05) is 0 Å². The Kier molecular flexibility index (Phi) is 3.59. The third kappa shape index (κ3) is 2.64. The van der Waals surface area contributed by atoms with Crippen LogP contribution >= 0.6 is 0 Å². The van der Waals surface area contributed by atoms with E-state index in [9.17, 15) is 10.1 Å². The first-order chi connectivity index (χ1) is 7.06. The first kappa shape index (κ1) is 11.4. The van der Waals surface area contributed by atoms with E-state index in [2.05, 4.69) is 0 Å². The molecule has 0 bridgehead atoms. The Morgan fingerprint density at radius 2 is 2.20 bits per heavy atom. The van der Waals surface area contributed by atoms with Crippen LogP contribution in [-0.2, 0) is 0 Å². The molecular formula is C9H12N2O4. The van der Waals surface area contributed by atoms with Crippen LogP contribution < -0.4 is 5.73 Å². The van der Waals surface area contributed by atoms with Gasteiger partial charge in [-0.15, -0.1) is 0 Å². The normalized spacial score (nSPS) is 12.4. The number of phenols is 1. The second-order valence-corrected chi connectivity index (χ2v) is 3.12. The third-order valence-corrected chi connectivity index (χ3v) is 2.05. The lowest BCUT2D eigenvalue weighted by molar-refractivity contribution is -0.385. The van der Waals surface area contributed by atoms with E-state index < -0.39 is 11.0 Å². The van der Waals surface area contributed by atoms with Crippen molar-refractivity contribution in [3.05, 3.63) is 33.9 Å². The molecule has 0 saturated carbocycles. The first-order valence-electron chi connectivity index (χ1n) is 4.40. The molecule has 1 aromatic rings. The van der Waals surface area contributed by atoms with Crippen molar-refractivity contribution in [3.8, 4) is 5.75 Å². The van der Waals surface area contributed by atoms with E-state index in [1.165, 1.54) is 12.1 Å². The zero-order valence-corrected chi connectivity index (χ0v) is 7.96. The van der Waals surface area contributed by atoms with Gasteiger partial charge in [-0.2, -0.15) is 0 Å². The summed E-state index contributed by atoms with van der Waals surface area (Å²) >= 11 is 0. The lowest BCUT2D eigenvalue weighted by Crippen LogP contribution is -2.13. The number of benzene rings is 1. The maximum Gasteiger partial charge on any atom is 0.277 e. The number of aliphatic hydroxyl groups is 1. The molecule has 0 heterocycles. The summed E-state index contributed by atoms with van der Waals surface area (Å²) in [5, 5.41) is 28.4. The Labute approximate surface area is 86.1 Å². The fourth-order valence-electron chi connectivity index (χ4n) is 1.30. The van der Waals surface area contributed by atoms with Crippen LogP contribution in [0.2, 0.25) is 0 Å². The third-order valence-electron chi connectivity index (χ3n) is 2.05. The van der Waals surface area contributed by atoms with Gasteiger partial charge >= 0.3 is 0 Å². The number of hydrogen-bond acceptors (Lipinski definition) is 5. The minimum absolute atomic E-state index is 0.140. The topological polar surface area (TPSA) is 110 Å². The number of rotatable bonds is 4. The zero-order chi connectivity index (χ0) is 11.4. The molecule has 1 unspecified atom stereocenters. The second-order valence-electron chi connectivity index (χ2n) is 3.12. The van der Waals surface area contributed by atoms with Crippen molar-refractivity contribution in [1.82, 2.24) is 0 Å². The summed E-state index contributed by atoms with van der Waals surface area (Å²) in [5.74, 6) is -0.179. The highest BCUT2D eigenvalue weighted by Gasteiger charge is 2.19. The highest BCUT2D eigenvalue weighted by molar-refractivity contribution is 5.47. The second kappa shape index (κ2) is 4.72. The van der Waals surface area contributed by atoms with Gasteiger partial charge in [0.1, 0.15) is 5.75 Å². The van der Waals surface area contributed by atoms with Crippen molar-refractivity contribution >= 4 is 5.69 Å². The van der Waals surface area contributed by atoms with Crippen LogP contribution in [0, 0.1) is 10.1 Å². The lowest BCUT2D eigenvalue weighted by Gasteiger charge is -2.10. The van der Waals surface area contributed by atoms with Crippen molar-refractivity contribution < 1.29 is 15.1 Å². The molecule has 0 aliphatic heterocycles. The highest BCUT2D eigenvalue weighted by atomic mass is 16.6. The molecule has 1 aromatic carbocycles. The van der Waals surface area contributed by atoms with Crippen molar-refractivity contribution in [3.63, 3.8) is 0 Å². The molecule has 6 nitrogen and oxygen atoms in total. The van der Waals surface area contributed by atoms with Gasteiger partial charge in [0, 0.05) is 18.2 Å². The maximum atomic E-state index is 10.7. The molecule has 1 rings (SSSR count). The number of aliphatic hydroxyl groups excluding tert-OH is 1. The van der Waals surface area contributed by atoms with E-state index in [-0.39, 0.29) is 24.5 Å². The Hall–Kier alpha value is -1.66. The predicted molar refractivity (Wildman–Crippen MR) is 53.4 cm³/mol. The molecule has 6 heteroatoms. The van der Waals surface area contributed by atoms with Gasteiger partial charge in [-0.05, 0) is 18.6 Å². The molecule has 0 aliphatic carbocycles. The predicted octanol–water partition coefficient (Wildman–Crippen LogP) is 0.683. The summed E-state index contributed by atoms with van der Waals surface area (Å²) < 4.78 is 0. The maximum absolute atomic E-state index is 10.7. The van der Waals surface area contributed by atoms with Gasteiger partial charge in [0.15, 0.2) is 0 Å². The smallest absolute Gasteiger partial charge is 0.277 e. The van der Waals surface area contributed by atoms with Crippen molar-refractivity contribution in [2.75, 3.05) is 6.61 Å². The van der Waals surface area contributed by atoms with E-state index in [0.717, 1.165) is 6.07 Å². The number of aromatic hydroxyl groups is 1. The minimum Gasteiger partial charge on any atom is -0.508 e. The average molecular weight is 212 g/mol. The van der Waals surface area contributed by atoms with E-state index >= 15 is 0 Å². The summed E-state index contributed by atoms with van der Waals surface area (Å²) in [5.41, 5.74) is 5.73. The number of nitro groups is 1. The van der Waals surface area contributed by atoms with Crippen molar-refractivity contribution in [2.45, 2.75) is 12.5 Å². The van der Waals surface area contributed by atoms with Crippen LogP contribution in [0.15, 0.2) is 18.2 Å². The standard InChI is InChI=1S/C9H12N2O4/c10-8(3-4-12)7-2-1-6(13)5-9(7)11(14)15/h1-2,5,8,12-13H,3-4,10H2. The number of hydrogen-bond donors (Lipinski definition) is 3. The SMILES string of the molecule is NC(CCO)c1ccc(O)cc1[N+](=O)[O-]. The van der Waals surface area contributed by atoms with Gasteiger partial charge in [0.2, 0.25) is 0 Å². The summed E-state index contributed by atoms with van der Waals surface area (Å²) in [6, 6.07) is 3.18. The molecule has 15 heavy (non-hydrogen) atoms. The van der Waals surface area contributed by atoms with Crippen molar-refractivity contribution in [1.29, 1.82) is 0 Å². The van der Waals surface area contributed by atoms with Gasteiger partial charge in [-0.25, -0.2) is 0 Å². The summed E-state index contributed by atoms with van der Waals surface area (Å²) in [7, 11) is 0. The van der Waals surface area contributed by atoms with Crippen LogP contribution in [-0.4, -0.2) is 21.7 Å². The number of phenolic OH excluding ortho intramolecular Hbond substituents is 1. The van der Waals surface area contributed by atoms with Crippen LogP contribution in [0.1, 0.15) is 18.0 Å². The van der Waals surface area contributed by atoms with Gasteiger partial charge in [-0.3, -0.25) is 10.1 Å². The van der Waals surface area contributed by atoms with E-state index in [4.69, 9.17) is 15.9 Å². The molecule has 0 aromatic heterocycles. The molecule has 0 saturated heterocycles. The van der Waals surface area contributed by atoms with Gasteiger partial charge in [-0.1, -0.05) is 0 Å². The first-order valence-corrected chi connectivity index (χ1v) is 4.40. The number of nitrogens with zero attached hydrogens (tertiary/aromatic N) is 1. The Bertz CT molecular complexity index is 367. The van der Waals surface area contributed by atoms with Gasteiger partial charge in [0.25, 0.3) is 5.69 Å². The lowest BCUT2D eigenvalue weighted by atomic mass is 10.0. The van der Waals surface area contributed by atoms with Crippen LogP contribution in [0.4, 0.5) is 5.69 Å². The number of nitrogens with two attached hydrogens (primary N) is 1. The molecule has 0 amide bonds. The average Bonchev–Trinajstić information content (AvgIpc) is 2.17. The quantitative estimate of drug-likeness (QED) is 0.502. The minimum atomic E-state index is -0.605. The fourth-order valence-corrected chi connectivity index (χ4v) is 1.30. The summed E-state index contributed by atoms with van der Waals surface area (Å²) in [6.07, 6.45) is 0.242. The monoisotopic (exact) mass is 212 g/mol. The van der Waals surface area contributed by atoms with Crippen LogP contribution in [0.3, 0.4) is 0 Å². The molecule has 0 fully saturated rings. The largest absolute Gasteiger partial charge is 0.508 e. The molecule has 4 N–H and O–H groups in total. The van der Waals surface area contributed by atoms with E-state index in [0.29, 0.717) is 5.56 Å². The van der Waals surface area contributed by atoms with Gasteiger partial charge in [0.05, 0.1) is 11.0 Å². The number of nitro benzene ring substituents is 1. The Morgan fingerprint density at radius 1 is 1.53 bits per heavy atom. The Balaban J connectivity index is 3.10. The Morgan fingerprint density at radius 3 is 2.73 bits per heavy atom. The highest BCUT2D eigenvalue weighted by Crippen LogP contribution is 2.28. The van der Waals surface area contributed by atoms with Crippen LogP contribution in [0.5, 0.6) is 5.75 Å². The summed E-state index contributed by atoms with van der Waals surface area (Å²) in [4.78, 5) is 10.1. The molecule has 82 valence electrons.